The standard InChI is InChI=1S/C22H19N3O/c1-15(16-8-3-2-4-9-16)23-22(26)21-14-20(24-25-21)19-13-7-11-17-10-5-6-12-18(17)19/h2-15H,1H3,(H,23,26)(H,24,25)/t15-/m1/s1. The van der Waals surface area contributed by atoms with E-state index in [4.69, 9.17) is 0 Å². The predicted molar refractivity (Wildman–Crippen MR) is 104 cm³/mol. The number of carbonyl (C=O) groups excluding carboxylic acids is 1. The zero-order valence-corrected chi connectivity index (χ0v) is 14.4. The topological polar surface area (TPSA) is 57.8 Å². The lowest BCUT2D eigenvalue weighted by molar-refractivity contribution is 0.0935. The van der Waals surface area contributed by atoms with Crippen molar-refractivity contribution in [3.05, 3.63) is 90.1 Å². The van der Waals surface area contributed by atoms with Crippen LogP contribution in [0.25, 0.3) is 22.0 Å². The van der Waals surface area contributed by atoms with E-state index >= 15 is 0 Å². The van der Waals surface area contributed by atoms with E-state index in [9.17, 15) is 4.79 Å². The molecule has 0 bridgehead atoms. The molecule has 1 aromatic heterocycles. The normalized spacial score (nSPS) is 12.0. The van der Waals surface area contributed by atoms with Crippen LogP contribution in [0.4, 0.5) is 0 Å². The maximum Gasteiger partial charge on any atom is 0.269 e. The molecule has 1 amide bonds. The predicted octanol–water partition coefficient (Wildman–Crippen LogP) is 4.72. The van der Waals surface area contributed by atoms with Gasteiger partial charge in [0, 0.05) is 5.56 Å². The summed E-state index contributed by atoms with van der Waals surface area (Å²) in [6, 6.07) is 25.9. The van der Waals surface area contributed by atoms with Gasteiger partial charge in [-0.25, -0.2) is 0 Å². The van der Waals surface area contributed by atoms with Gasteiger partial charge in [-0.05, 0) is 29.3 Å². The summed E-state index contributed by atoms with van der Waals surface area (Å²) in [6.07, 6.45) is 0. The van der Waals surface area contributed by atoms with Gasteiger partial charge in [0.05, 0.1) is 11.7 Å². The molecule has 0 fully saturated rings. The molecule has 0 aliphatic carbocycles. The van der Waals surface area contributed by atoms with Crippen LogP contribution >= 0.6 is 0 Å². The van der Waals surface area contributed by atoms with E-state index in [0.717, 1.165) is 27.6 Å². The van der Waals surface area contributed by atoms with Crippen molar-refractivity contribution in [3.8, 4) is 11.3 Å². The number of aromatic nitrogens is 2. The molecule has 0 spiro atoms. The Kier molecular flexibility index (Phi) is 4.23. The third-order valence-electron chi connectivity index (χ3n) is 4.54. The smallest absolute Gasteiger partial charge is 0.269 e. The van der Waals surface area contributed by atoms with E-state index in [1.54, 1.807) is 6.07 Å². The van der Waals surface area contributed by atoms with Crippen molar-refractivity contribution in [1.82, 2.24) is 15.5 Å². The van der Waals surface area contributed by atoms with Crippen LogP contribution < -0.4 is 5.32 Å². The Morgan fingerprint density at radius 3 is 2.54 bits per heavy atom. The van der Waals surface area contributed by atoms with Gasteiger partial charge in [-0.3, -0.25) is 9.89 Å². The number of benzene rings is 3. The number of amides is 1. The Bertz CT molecular complexity index is 1050. The first-order chi connectivity index (χ1) is 12.7. The van der Waals surface area contributed by atoms with Crippen LogP contribution in [0.1, 0.15) is 29.0 Å². The van der Waals surface area contributed by atoms with Gasteiger partial charge in [0.25, 0.3) is 5.91 Å². The molecular weight excluding hydrogens is 322 g/mol. The van der Waals surface area contributed by atoms with E-state index in [2.05, 4.69) is 33.7 Å². The molecule has 4 nitrogen and oxygen atoms in total. The number of aromatic amines is 1. The minimum absolute atomic E-state index is 0.0759. The molecule has 0 saturated carbocycles. The largest absolute Gasteiger partial charge is 0.344 e. The lowest BCUT2D eigenvalue weighted by Crippen LogP contribution is -2.26. The van der Waals surface area contributed by atoms with Gasteiger partial charge < -0.3 is 5.32 Å². The molecule has 0 saturated heterocycles. The average Bonchev–Trinajstić information content (AvgIpc) is 3.18. The zero-order valence-electron chi connectivity index (χ0n) is 14.4. The molecule has 1 atom stereocenters. The van der Waals surface area contributed by atoms with Gasteiger partial charge in [-0.1, -0.05) is 72.8 Å². The number of H-pyrrole nitrogens is 1. The van der Waals surface area contributed by atoms with Gasteiger partial charge in [0.15, 0.2) is 0 Å². The van der Waals surface area contributed by atoms with Gasteiger partial charge in [-0.2, -0.15) is 5.10 Å². The SMILES string of the molecule is C[C@@H](NC(=O)c1cc(-c2cccc3ccccc23)n[nH]1)c1ccccc1. The second kappa shape index (κ2) is 6.84. The summed E-state index contributed by atoms with van der Waals surface area (Å²) in [5.41, 5.74) is 3.29. The number of carbonyl (C=O) groups is 1. The summed E-state index contributed by atoms with van der Waals surface area (Å²) < 4.78 is 0. The van der Waals surface area contributed by atoms with E-state index < -0.39 is 0 Å². The molecule has 128 valence electrons. The molecule has 0 aliphatic rings. The number of fused-ring (bicyclic) bond motifs is 1. The summed E-state index contributed by atoms with van der Waals surface area (Å²) in [5.74, 6) is -0.166. The molecule has 26 heavy (non-hydrogen) atoms. The van der Waals surface area contributed by atoms with Crippen molar-refractivity contribution in [2.75, 3.05) is 0 Å². The highest BCUT2D eigenvalue weighted by Crippen LogP contribution is 2.27. The van der Waals surface area contributed by atoms with Crippen molar-refractivity contribution in [1.29, 1.82) is 0 Å². The highest BCUT2D eigenvalue weighted by molar-refractivity contribution is 5.98. The average molecular weight is 341 g/mol. The summed E-state index contributed by atoms with van der Waals surface area (Å²) in [7, 11) is 0. The molecule has 3 aromatic carbocycles. The number of nitrogens with zero attached hydrogens (tertiary/aromatic N) is 1. The Labute approximate surface area is 151 Å². The fourth-order valence-electron chi connectivity index (χ4n) is 3.12. The van der Waals surface area contributed by atoms with E-state index in [-0.39, 0.29) is 11.9 Å². The third kappa shape index (κ3) is 3.09. The van der Waals surface area contributed by atoms with Crippen LogP contribution in [-0.4, -0.2) is 16.1 Å². The highest BCUT2D eigenvalue weighted by Gasteiger charge is 2.15. The number of hydrogen-bond donors (Lipinski definition) is 2. The summed E-state index contributed by atoms with van der Waals surface area (Å²) in [6.45, 7) is 1.97. The maximum atomic E-state index is 12.6. The minimum Gasteiger partial charge on any atom is -0.344 e. The number of nitrogens with one attached hydrogen (secondary N) is 2. The van der Waals surface area contributed by atoms with Crippen LogP contribution in [0, 0.1) is 0 Å². The maximum absolute atomic E-state index is 12.6. The van der Waals surface area contributed by atoms with Crippen molar-refractivity contribution >= 4 is 16.7 Å². The van der Waals surface area contributed by atoms with Crippen LogP contribution in [0.2, 0.25) is 0 Å². The number of rotatable bonds is 4. The molecule has 4 heteroatoms. The molecule has 0 unspecified atom stereocenters. The zero-order chi connectivity index (χ0) is 17.9. The lowest BCUT2D eigenvalue weighted by Gasteiger charge is -2.13. The Balaban J connectivity index is 1.59. The number of hydrogen-bond acceptors (Lipinski definition) is 2. The molecule has 0 aliphatic heterocycles. The summed E-state index contributed by atoms with van der Waals surface area (Å²) in [5, 5.41) is 12.5. The van der Waals surface area contributed by atoms with Crippen LogP contribution in [-0.2, 0) is 0 Å². The van der Waals surface area contributed by atoms with Crippen LogP contribution in [0.3, 0.4) is 0 Å². The van der Waals surface area contributed by atoms with Gasteiger partial charge >= 0.3 is 0 Å². The molecule has 4 rings (SSSR count). The first-order valence-electron chi connectivity index (χ1n) is 8.62. The molecule has 2 N–H and O–H groups in total. The van der Waals surface area contributed by atoms with Gasteiger partial charge in [0.2, 0.25) is 0 Å². The van der Waals surface area contributed by atoms with Crippen LogP contribution in [0.15, 0.2) is 78.9 Å². The monoisotopic (exact) mass is 341 g/mol. The lowest BCUT2D eigenvalue weighted by atomic mass is 10.0. The van der Waals surface area contributed by atoms with Crippen LogP contribution in [0.5, 0.6) is 0 Å². The van der Waals surface area contributed by atoms with Gasteiger partial charge in [0.1, 0.15) is 5.69 Å². The van der Waals surface area contributed by atoms with E-state index in [1.807, 2.05) is 61.5 Å². The van der Waals surface area contributed by atoms with Crippen molar-refractivity contribution in [2.24, 2.45) is 0 Å². The molecular formula is C22H19N3O. The third-order valence-corrected chi connectivity index (χ3v) is 4.54. The van der Waals surface area contributed by atoms with E-state index in [1.165, 1.54) is 0 Å². The second-order valence-electron chi connectivity index (χ2n) is 6.30. The first kappa shape index (κ1) is 16.1. The fourth-order valence-corrected chi connectivity index (χ4v) is 3.12. The van der Waals surface area contributed by atoms with Crippen molar-refractivity contribution < 1.29 is 4.79 Å². The summed E-state index contributed by atoms with van der Waals surface area (Å²) in [4.78, 5) is 12.6. The Morgan fingerprint density at radius 1 is 0.962 bits per heavy atom. The quantitative estimate of drug-likeness (QED) is 0.564. The Hall–Kier alpha value is -3.40. The Morgan fingerprint density at radius 2 is 1.69 bits per heavy atom. The molecule has 0 radical (unpaired) electrons. The minimum atomic E-state index is -0.166. The molecule has 1 heterocycles. The summed E-state index contributed by atoms with van der Waals surface area (Å²) >= 11 is 0. The van der Waals surface area contributed by atoms with E-state index in [0.29, 0.717) is 5.69 Å². The highest BCUT2D eigenvalue weighted by atomic mass is 16.2. The molecule has 4 aromatic rings. The van der Waals surface area contributed by atoms with Gasteiger partial charge in [-0.15, -0.1) is 0 Å². The first-order valence-corrected chi connectivity index (χ1v) is 8.62. The van der Waals surface area contributed by atoms with Crippen molar-refractivity contribution in [2.45, 2.75) is 13.0 Å². The second-order valence-corrected chi connectivity index (χ2v) is 6.30. The fraction of sp³-hybridized carbons (Fsp3) is 0.0909. The van der Waals surface area contributed by atoms with Crippen molar-refractivity contribution in [3.63, 3.8) is 0 Å².